The molecule has 1 aromatic rings. The Morgan fingerprint density at radius 3 is 2.66 bits per heavy atom. The van der Waals surface area contributed by atoms with Crippen molar-refractivity contribution < 1.29 is 28.4 Å². The molecule has 2 atom stereocenters. The molecule has 1 N–H and O–H groups in total. The van der Waals surface area contributed by atoms with Crippen LogP contribution in [0.2, 0.25) is 0 Å². The van der Waals surface area contributed by atoms with E-state index in [1.165, 1.54) is 12.1 Å². The van der Waals surface area contributed by atoms with E-state index >= 15 is 0 Å². The lowest BCUT2D eigenvalue weighted by Crippen LogP contribution is -3.13. The third kappa shape index (κ3) is 7.95. The summed E-state index contributed by atoms with van der Waals surface area (Å²) < 4.78 is 23.4. The summed E-state index contributed by atoms with van der Waals surface area (Å²) in [5.74, 6) is 0.496. The fourth-order valence-electron chi connectivity index (χ4n) is 3.43. The summed E-state index contributed by atoms with van der Waals surface area (Å²) in [4.78, 5) is 27.7. The van der Waals surface area contributed by atoms with Crippen LogP contribution in [0.5, 0.6) is 0 Å². The number of rotatable bonds is 12. The molecule has 1 aromatic carbocycles. The number of hydrogen-bond acceptors (Lipinski definition) is 5. The molecule has 0 aliphatic carbocycles. The van der Waals surface area contributed by atoms with Gasteiger partial charge in [-0.05, 0) is 24.6 Å². The topological polar surface area (TPSA) is 60.3 Å². The fourth-order valence-corrected chi connectivity index (χ4v) is 4.71. The maximum absolute atomic E-state index is 13.2. The molecular weight excluding hydrogens is 395 g/mol. The Labute approximate surface area is 176 Å². The fraction of sp³-hybridized carbons (Fsp3) is 0.619. The number of hydrogen-bond donors (Lipinski definition) is 1. The third-order valence-corrected chi connectivity index (χ3v) is 6.12. The average Bonchev–Trinajstić information content (AvgIpc) is 3.19. The number of thioether (sulfide) groups is 1. The van der Waals surface area contributed by atoms with Crippen LogP contribution in [-0.4, -0.2) is 69.0 Å². The second-order valence-electron chi connectivity index (χ2n) is 7.04. The van der Waals surface area contributed by atoms with Crippen molar-refractivity contribution in [2.24, 2.45) is 0 Å². The Hall–Kier alpha value is -1.64. The highest BCUT2D eigenvalue weighted by molar-refractivity contribution is 7.99. The number of esters is 1. The zero-order valence-electron chi connectivity index (χ0n) is 17.3. The van der Waals surface area contributed by atoms with E-state index in [1.54, 1.807) is 37.9 Å². The molecule has 1 aliphatic heterocycles. The molecule has 162 valence electrons. The summed E-state index contributed by atoms with van der Waals surface area (Å²) in [5, 5.41) is -0.0668. The van der Waals surface area contributed by atoms with Gasteiger partial charge in [0.15, 0.2) is 6.54 Å². The molecule has 1 saturated heterocycles. The number of quaternary nitrogens is 1. The van der Waals surface area contributed by atoms with Gasteiger partial charge < -0.3 is 19.3 Å². The van der Waals surface area contributed by atoms with E-state index in [4.69, 9.17) is 9.47 Å². The SMILES string of the molecule is CCOC(=O)CCC[NH+](CCCOC)CC(=O)N1CCS[C@@H]1c1ccc(F)cc1. The Bertz CT molecular complexity index is 644. The van der Waals surface area contributed by atoms with E-state index in [9.17, 15) is 14.0 Å². The number of halogens is 1. The minimum atomic E-state index is -0.273. The van der Waals surface area contributed by atoms with Crippen LogP contribution in [0, 0.1) is 5.82 Å². The molecule has 0 bridgehead atoms. The van der Waals surface area contributed by atoms with Gasteiger partial charge in [-0.15, -0.1) is 11.8 Å². The Morgan fingerprint density at radius 1 is 1.24 bits per heavy atom. The van der Waals surface area contributed by atoms with Crippen LogP contribution in [0.15, 0.2) is 24.3 Å². The summed E-state index contributed by atoms with van der Waals surface area (Å²) in [6, 6.07) is 6.38. The maximum atomic E-state index is 13.2. The van der Waals surface area contributed by atoms with Gasteiger partial charge in [-0.25, -0.2) is 4.39 Å². The van der Waals surface area contributed by atoms with Gasteiger partial charge in [0.1, 0.15) is 11.2 Å². The maximum Gasteiger partial charge on any atom is 0.305 e. The monoisotopic (exact) mass is 427 g/mol. The molecule has 8 heteroatoms. The van der Waals surface area contributed by atoms with Crippen molar-refractivity contribution in [1.29, 1.82) is 0 Å². The molecule has 1 amide bonds. The van der Waals surface area contributed by atoms with E-state index in [2.05, 4.69) is 0 Å². The number of ether oxygens (including phenoxy) is 2. The molecule has 1 unspecified atom stereocenters. The first-order chi connectivity index (χ1) is 14.0. The van der Waals surface area contributed by atoms with Crippen LogP contribution in [0.1, 0.15) is 37.1 Å². The quantitative estimate of drug-likeness (QED) is 0.406. The highest BCUT2D eigenvalue weighted by Gasteiger charge is 2.32. The molecule has 1 fully saturated rings. The molecule has 0 spiro atoms. The van der Waals surface area contributed by atoms with Crippen molar-refractivity contribution in [3.63, 3.8) is 0 Å². The van der Waals surface area contributed by atoms with Gasteiger partial charge in [-0.2, -0.15) is 0 Å². The average molecular weight is 428 g/mol. The van der Waals surface area contributed by atoms with Crippen molar-refractivity contribution in [3.8, 4) is 0 Å². The molecular formula is C21H32FN2O4S+. The normalized spacial score (nSPS) is 17.3. The number of carbonyl (C=O) groups excluding carboxylic acids is 2. The highest BCUT2D eigenvalue weighted by Crippen LogP contribution is 2.37. The van der Waals surface area contributed by atoms with Gasteiger partial charge >= 0.3 is 5.97 Å². The first kappa shape index (κ1) is 23.6. The second-order valence-corrected chi connectivity index (χ2v) is 8.23. The van der Waals surface area contributed by atoms with Crippen LogP contribution in [-0.2, 0) is 19.1 Å². The number of methoxy groups -OCH3 is 1. The first-order valence-electron chi connectivity index (χ1n) is 10.2. The van der Waals surface area contributed by atoms with Gasteiger partial charge in [0.05, 0.1) is 32.7 Å². The predicted octanol–water partition coefficient (Wildman–Crippen LogP) is 1.66. The van der Waals surface area contributed by atoms with E-state index < -0.39 is 0 Å². The van der Waals surface area contributed by atoms with Crippen molar-refractivity contribution in [1.82, 2.24) is 4.90 Å². The van der Waals surface area contributed by atoms with Gasteiger partial charge in [-0.1, -0.05) is 12.1 Å². The molecule has 1 heterocycles. The number of carbonyl (C=O) groups is 2. The van der Waals surface area contributed by atoms with Crippen molar-refractivity contribution in [2.45, 2.75) is 31.6 Å². The van der Waals surface area contributed by atoms with E-state index in [1.807, 2.05) is 4.90 Å². The van der Waals surface area contributed by atoms with Gasteiger partial charge in [0.2, 0.25) is 0 Å². The molecule has 1 aliphatic rings. The molecule has 0 radical (unpaired) electrons. The van der Waals surface area contributed by atoms with Crippen LogP contribution < -0.4 is 4.90 Å². The molecule has 0 aromatic heterocycles. The smallest absolute Gasteiger partial charge is 0.305 e. The van der Waals surface area contributed by atoms with Gasteiger partial charge in [-0.3, -0.25) is 9.59 Å². The summed E-state index contributed by atoms with van der Waals surface area (Å²) in [7, 11) is 1.67. The van der Waals surface area contributed by atoms with E-state index in [0.717, 1.165) is 35.7 Å². The van der Waals surface area contributed by atoms with E-state index in [-0.39, 0.29) is 23.1 Å². The lowest BCUT2D eigenvalue weighted by molar-refractivity contribution is -0.892. The standard InChI is InChI=1S/C21H31FN2O4S/c1-3-28-20(26)6-4-11-23(12-5-14-27-2)16-19(25)24-13-15-29-21(24)17-7-9-18(22)10-8-17/h7-10,21H,3-6,11-16H2,1-2H3/p+1/t21-/m1/s1. The minimum Gasteiger partial charge on any atom is -0.466 e. The summed E-state index contributed by atoms with van der Waals surface area (Å²) in [5.41, 5.74) is 0.950. The van der Waals surface area contributed by atoms with Crippen LogP contribution in [0.4, 0.5) is 4.39 Å². The Morgan fingerprint density at radius 2 is 1.97 bits per heavy atom. The lowest BCUT2D eigenvalue weighted by Gasteiger charge is -2.26. The number of benzene rings is 1. The Kier molecular flexibility index (Phi) is 10.5. The molecule has 29 heavy (non-hydrogen) atoms. The minimum absolute atomic E-state index is 0.0668. The Balaban J connectivity index is 1.93. The molecule has 6 nitrogen and oxygen atoms in total. The third-order valence-electron chi connectivity index (χ3n) is 4.86. The number of amides is 1. The number of nitrogens with one attached hydrogen (secondary N) is 1. The van der Waals surface area contributed by atoms with Crippen molar-refractivity contribution in [2.75, 3.05) is 52.3 Å². The van der Waals surface area contributed by atoms with Gasteiger partial charge in [0, 0.05) is 32.2 Å². The zero-order valence-corrected chi connectivity index (χ0v) is 18.1. The first-order valence-corrected chi connectivity index (χ1v) is 11.2. The number of nitrogens with zero attached hydrogens (tertiary/aromatic N) is 1. The van der Waals surface area contributed by atoms with Crippen molar-refractivity contribution in [3.05, 3.63) is 35.6 Å². The van der Waals surface area contributed by atoms with Gasteiger partial charge in [0.25, 0.3) is 5.91 Å². The molecule has 2 rings (SSSR count). The van der Waals surface area contributed by atoms with E-state index in [0.29, 0.717) is 39.1 Å². The summed E-state index contributed by atoms with van der Waals surface area (Å²) in [6.45, 7) is 5.45. The van der Waals surface area contributed by atoms with Crippen LogP contribution in [0.25, 0.3) is 0 Å². The predicted molar refractivity (Wildman–Crippen MR) is 111 cm³/mol. The molecule has 0 saturated carbocycles. The largest absolute Gasteiger partial charge is 0.466 e. The summed E-state index contributed by atoms with van der Waals surface area (Å²) in [6.07, 6.45) is 1.91. The lowest BCUT2D eigenvalue weighted by atomic mass is 10.2. The van der Waals surface area contributed by atoms with Crippen molar-refractivity contribution >= 4 is 23.6 Å². The summed E-state index contributed by atoms with van der Waals surface area (Å²) >= 11 is 1.71. The zero-order chi connectivity index (χ0) is 21.1. The highest BCUT2D eigenvalue weighted by atomic mass is 32.2. The van der Waals surface area contributed by atoms with Crippen LogP contribution >= 0.6 is 11.8 Å². The van der Waals surface area contributed by atoms with Crippen LogP contribution in [0.3, 0.4) is 0 Å². The second kappa shape index (κ2) is 12.8.